The van der Waals surface area contributed by atoms with Crippen molar-refractivity contribution in [3.8, 4) is 6.07 Å². The number of aliphatic hydroxyl groups is 1. The molecule has 32 heavy (non-hydrogen) atoms. The molecule has 7 nitrogen and oxygen atoms in total. The summed E-state index contributed by atoms with van der Waals surface area (Å²) in [5, 5.41) is 26.4. The molecule has 0 saturated heterocycles. The van der Waals surface area contributed by atoms with Gasteiger partial charge in [-0.1, -0.05) is 6.07 Å². The van der Waals surface area contributed by atoms with Crippen molar-refractivity contribution in [1.29, 1.82) is 5.26 Å². The van der Waals surface area contributed by atoms with Crippen LogP contribution in [0.2, 0.25) is 0 Å². The van der Waals surface area contributed by atoms with E-state index in [-0.39, 0.29) is 29.4 Å². The number of alkyl halides is 3. The highest BCUT2D eigenvalue weighted by Gasteiger charge is 2.41. The van der Waals surface area contributed by atoms with E-state index in [0.717, 1.165) is 12.8 Å². The first-order valence-electron chi connectivity index (χ1n) is 10.3. The summed E-state index contributed by atoms with van der Waals surface area (Å²) in [7, 11) is 0. The van der Waals surface area contributed by atoms with Gasteiger partial charge in [0.05, 0.1) is 30.7 Å². The van der Waals surface area contributed by atoms with Crippen molar-refractivity contribution < 1.29 is 18.3 Å². The Balaban J connectivity index is 1.73. The molecule has 1 aromatic carbocycles. The lowest BCUT2D eigenvalue weighted by Gasteiger charge is -2.20. The maximum atomic E-state index is 13.2. The van der Waals surface area contributed by atoms with E-state index in [1.807, 2.05) is 0 Å². The highest BCUT2D eigenvalue weighted by atomic mass is 19.4. The standard InChI is InChI=1S/C22H22F3N5O2/c1-12-10-14(4-5-15(12)16(11-31)22(23,24)25)28-20-19-18(7-9-27-21(19)32)30(29-20)17(6-8-26)13-2-3-13/h4-5,7,9-10,13,16-17,31H,2-3,6,11H2,1H3,(H,27,32)(H,28,29). The van der Waals surface area contributed by atoms with Crippen LogP contribution in [0.1, 0.15) is 42.3 Å². The second-order valence-corrected chi connectivity index (χ2v) is 8.10. The molecule has 1 aliphatic rings. The van der Waals surface area contributed by atoms with Crippen molar-refractivity contribution in [3.63, 3.8) is 0 Å². The predicted octanol–water partition coefficient (Wildman–Crippen LogP) is 4.28. The molecule has 10 heteroatoms. The van der Waals surface area contributed by atoms with Crippen LogP contribution >= 0.6 is 0 Å². The largest absolute Gasteiger partial charge is 0.397 e. The van der Waals surface area contributed by atoms with Crippen LogP contribution in [0, 0.1) is 24.2 Å². The average Bonchev–Trinajstić information content (AvgIpc) is 3.50. The van der Waals surface area contributed by atoms with Gasteiger partial charge >= 0.3 is 6.18 Å². The van der Waals surface area contributed by atoms with E-state index in [4.69, 9.17) is 0 Å². The van der Waals surface area contributed by atoms with E-state index < -0.39 is 18.7 Å². The van der Waals surface area contributed by atoms with Crippen molar-refractivity contribution >= 4 is 22.4 Å². The van der Waals surface area contributed by atoms with Gasteiger partial charge in [-0.15, -0.1) is 0 Å². The Labute approximate surface area is 181 Å². The number of aromatic amines is 1. The third kappa shape index (κ3) is 4.08. The van der Waals surface area contributed by atoms with Gasteiger partial charge in [-0.05, 0) is 55.0 Å². The maximum Gasteiger partial charge on any atom is 0.397 e. The normalized spacial score (nSPS) is 16.0. The Morgan fingerprint density at radius 1 is 1.38 bits per heavy atom. The van der Waals surface area contributed by atoms with Gasteiger partial charge in [0, 0.05) is 11.9 Å². The van der Waals surface area contributed by atoms with Crippen LogP contribution in [0.15, 0.2) is 35.3 Å². The molecule has 2 heterocycles. The first-order valence-corrected chi connectivity index (χ1v) is 10.3. The first-order chi connectivity index (χ1) is 15.2. The lowest BCUT2D eigenvalue weighted by atomic mass is 9.94. The molecule has 3 aromatic rings. The van der Waals surface area contributed by atoms with Crippen LogP contribution < -0.4 is 10.9 Å². The number of rotatable bonds is 7. The smallest absolute Gasteiger partial charge is 0.395 e. The van der Waals surface area contributed by atoms with Gasteiger partial charge in [-0.25, -0.2) is 0 Å². The summed E-state index contributed by atoms with van der Waals surface area (Å²) >= 11 is 0. The number of fused-ring (bicyclic) bond motifs is 1. The van der Waals surface area contributed by atoms with Gasteiger partial charge < -0.3 is 15.4 Å². The Hall–Kier alpha value is -3.32. The molecule has 0 spiro atoms. The number of nitriles is 1. The summed E-state index contributed by atoms with van der Waals surface area (Å²) in [6, 6.07) is 8.07. The molecule has 2 atom stereocenters. The van der Waals surface area contributed by atoms with E-state index >= 15 is 0 Å². The topological polar surface area (TPSA) is 107 Å². The van der Waals surface area contributed by atoms with Crippen molar-refractivity contribution in [2.45, 2.75) is 44.3 Å². The minimum atomic E-state index is -4.56. The van der Waals surface area contributed by atoms with E-state index in [2.05, 4.69) is 21.5 Å². The van der Waals surface area contributed by atoms with Crippen LogP contribution in [-0.2, 0) is 0 Å². The lowest BCUT2D eigenvalue weighted by molar-refractivity contribution is -0.158. The molecular formula is C22H22F3N5O2. The fourth-order valence-corrected chi connectivity index (χ4v) is 4.13. The summed E-state index contributed by atoms with van der Waals surface area (Å²) in [6.07, 6.45) is -0.790. The average molecular weight is 445 g/mol. The van der Waals surface area contributed by atoms with E-state index in [0.29, 0.717) is 28.1 Å². The number of pyridine rings is 1. The molecule has 0 radical (unpaired) electrons. The number of H-pyrrole nitrogens is 1. The predicted molar refractivity (Wildman–Crippen MR) is 113 cm³/mol. The first kappa shape index (κ1) is 21.9. The zero-order valence-corrected chi connectivity index (χ0v) is 17.3. The summed E-state index contributed by atoms with van der Waals surface area (Å²) in [5.41, 5.74) is 1.04. The van der Waals surface area contributed by atoms with Crippen molar-refractivity contribution in [1.82, 2.24) is 14.8 Å². The van der Waals surface area contributed by atoms with Gasteiger partial charge in [0.1, 0.15) is 11.3 Å². The summed E-state index contributed by atoms with van der Waals surface area (Å²) in [6.45, 7) is 0.497. The molecule has 4 rings (SSSR count). The molecule has 1 fully saturated rings. The molecule has 3 N–H and O–H groups in total. The molecule has 1 saturated carbocycles. The Morgan fingerprint density at radius 3 is 2.72 bits per heavy atom. The zero-order chi connectivity index (χ0) is 23.0. The van der Waals surface area contributed by atoms with Crippen molar-refractivity contribution in [2.75, 3.05) is 11.9 Å². The van der Waals surface area contributed by atoms with Gasteiger partial charge in [0.2, 0.25) is 0 Å². The van der Waals surface area contributed by atoms with Crippen LogP contribution in [0.5, 0.6) is 0 Å². The Kier molecular flexibility index (Phi) is 5.69. The number of halogens is 3. The number of anilines is 2. The third-order valence-corrected chi connectivity index (χ3v) is 5.90. The number of hydrogen-bond donors (Lipinski definition) is 3. The molecule has 1 aliphatic carbocycles. The van der Waals surface area contributed by atoms with Crippen LogP contribution in [0.3, 0.4) is 0 Å². The Morgan fingerprint density at radius 2 is 2.12 bits per heavy atom. The van der Waals surface area contributed by atoms with Gasteiger partial charge in [0.15, 0.2) is 5.82 Å². The number of nitrogens with zero attached hydrogens (tertiary/aromatic N) is 3. The molecule has 2 unspecified atom stereocenters. The van der Waals surface area contributed by atoms with Gasteiger partial charge in [-0.3, -0.25) is 9.48 Å². The highest BCUT2D eigenvalue weighted by molar-refractivity contribution is 5.91. The second kappa shape index (κ2) is 8.31. The molecule has 0 bridgehead atoms. The molecule has 168 valence electrons. The van der Waals surface area contributed by atoms with Gasteiger partial charge in [-0.2, -0.15) is 23.5 Å². The van der Waals surface area contributed by atoms with E-state index in [1.54, 1.807) is 10.7 Å². The van der Waals surface area contributed by atoms with Crippen molar-refractivity contribution in [3.05, 3.63) is 51.9 Å². The zero-order valence-electron chi connectivity index (χ0n) is 17.3. The maximum absolute atomic E-state index is 13.2. The molecule has 0 amide bonds. The number of nitrogens with one attached hydrogen (secondary N) is 2. The third-order valence-electron chi connectivity index (χ3n) is 5.90. The fourth-order valence-electron chi connectivity index (χ4n) is 4.13. The molecule has 2 aromatic heterocycles. The highest BCUT2D eigenvalue weighted by Crippen LogP contribution is 2.43. The fraction of sp³-hybridized carbons (Fsp3) is 0.409. The SMILES string of the molecule is Cc1cc(Nc2nn(C(CC#N)C3CC3)c3cc[nH]c(=O)c23)ccc1C(CO)C(F)(F)F. The summed E-state index contributed by atoms with van der Waals surface area (Å²) < 4.78 is 41.4. The minimum absolute atomic E-state index is 0.0124. The molecule has 0 aliphatic heterocycles. The summed E-state index contributed by atoms with van der Waals surface area (Å²) in [4.78, 5) is 15.2. The van der Waals surface area contributed by atoms with Crippen molar-refractivity contribution in [2.24, 2.45) is 5.92 Å². The van der Waals surface area contributed by atoms with E-state index in [1.165, 1.54) is 31.3 Å². The second-order valence-electron chi connectivity index (χ2n) is 8.10. The van der Waals surface area contributed by atoms with Gasteiger partial charge in [0.25, 0.3) is 5.56 Å². The quantitative estimate of drug-likeness (QED) is 0.503. The van der Waals surface area contributed by atoms with E-state index in [9.17, 15) is 28.3 Å². The summed E-state index contributed by atoms with van der Waals surface area (Å²) in [5.74, 6) is -1.37. The lowest BCUT2D eigenvalue weighted by Crippen LogP contribution is -2.24. The minimum Gasteiger partial charge on any atom is -0.395 e. The number of aryl methyl sites for hydroxylation is 1. The Bertz CT molecular complexity index is 1240. The number of aromatic nitrogens is 3. The number of benzene rings is 1. The number of aliphatic hydroxyl groups excluding tert-OH is 1. The monoisotopic (exact) mass is 445 g/mol. The number of hydrogen-bond acceptors (Lipinski definition) is 5. The van der Waals surface area contributed by atoms with Crippen LogP contribution in [0.4, 0.5) is 24.7 Å². The van der Waals surface area contributed by atoms with Crippen LogP contribution in [0.25, 0.3) is 10.9 Å². The molecular weight excluding hydrogens is 423 g/mol. The van der Waals surface area contributed by atoms with Crippen LogP contribution in [-0.4, -0.2) is 32.7 Å².